The molecule has 1 unspecified atom stereocenters. The maximum absolute atomic E-state index is 4.97. The third kappa shape index (κ3) is 9.80. The van der Waals surface area contributed by atoms with Gasteiger partial charge in [0.15, 0.2) is 0 Å². The summed E-state index contributed by atoms with van der Waals surface area (Å²) in [5.74, 6) is 0. The van der Waals surface area contributed by atoms with Gasteiger partial charge in [-0.3, -0.25) is 0 Å². The molecule has 3 nitrogen and oxygen atoms in total. The van der Waals surface area contributed by atoms with Gasteiger partial charge in [0.1, 0.15) is 0 Å². The van der Waals surface area contributed by atoms with E-state index in [9.17, 15) is 0 Å². The van der Waals surface area contributed by atoms with E-state index in [0.29, 0.717) is 6.04 Å². The summed E-state index contributed by atoms with van der Waals surface area (Å²) in [5.41, 5.74) is 0. The van der Waals surface area contributed by atoms with Gasteiger partial charge in [0.25, 0.3) is 0 Å². The first-order valence-corrected chi connectivity index (χ1v) is 5.24. The Bertz CT molecular complexity index is 98.9. The van der Waals surface area contributed by atoms with Crippen LogP contribution in [0.5, 0.6) is 0 Å². The lowest BCUT2D eigenvalue weighted by molar-refractivity contribution is 0.192. The van der Waals surface area contributed by atoms with Crippen molar-refractivity contribution in [3.8, 4) is 0 Å². The van der Waals surface area contributed by atoms with Crippen molar-refractivity contribution in [3.63, 3.8) is 0 Å². The highest BCUT2D eigenvalue weighted by Gasteiger charge is 1.98. The SMILES string of the molecule is CCNCC(C)NCCCCOC. The van der Waals surface area contributed by atoms with Crippen molar-refractivity contribution in [1.82, 2.24) is 10.6 Å². The minimum absolute atomic E-state index is 0.572. The van der Waals surface area contributed by atoms with E-state index in [-0.39, 0.29) is 0 Å². The van der Waals surface area contributed by atoms with Gasteiger partial charge in [0.05, 0.1) is 0 Å². The predicted octanol–water partition coefficient (Wildman–Crippen LogP) is 1.00. The van der Waals surface area contributed by atoms with E-state index in [2.05, 4.69) is 24.5 Å². The zero-order valence-electron chi connectivity index (χ0n) is 9.23. The number of hydrogen-bond donors (Lipinski definition) is 2. The molecular formula is C10H24N2O. The van der Waals surface area contributed by atoms with E-state index in [1.165, 1.54) is 6.42 Å². The summed E-state index contributed by atoms with van der Waals surface area (Å²) in [6, 6.07) is 0.572. The number of nitrogens with one attached hydrogen (secondary N) is 2. The lowest BCUT2D eigenvalue weighted by Crippen LogP contribution is -2.36. The maximum atomic E-state index is 4.97. The number of hydrogen-bond acceptors (Lipinski definition) is 3. The van der Waals surface area contributed by atoms with Crippen LogP contribution in [-0.2, 0) is 4.74 Å². The monoisotopic (exact) mass is 188 g/mol. The topological polar surface area (TPSA) is 33.3 Å². The fourth-order valence-electron chi connectivity index (χ4n) is 1.15. The molecule has 0 fully saturated rings. The van der Waals surface area contributed by atoms with Gasteiger partial charge < -0.3 is 15.4 Å². The molecule has 3 heteroatoms. The van der Waals surface area contributed by atoms with Crippen molar-refractivity contribution in [1.29, 1.82) is 0 Å². The van der Waals surface area contributed by atoms with E-state index in [1.54, 1.807) is 7.11 Å². The van der Waals surface area contributed by atoms with Crippen LogP contribution in [0.1, 0.15) is 26.7 Å². The number of unbranched alkanes of at least 4 members (excludes halogenated alkanes) is 1. The molecule has 0 aromatic heterocycles. The smallest absolute Gasteiger partial charge is 0.0462 e. The van der Waals surface area contributed by atoms with Crippen molar-refractivity contribution in [2.45, 2.75) is 32.7 Å². The molecule has 0 aliphatic rings. The molecule has 2 N–H and O–H groups in total. The Balaban J connectivity index is 3.03. The van der Waals surface area contributed by atoms with E-state index >= 15 is 0 Å². The van der Waals surface area contributed by atoms with E-state index in [0.717, 1.165) is 32.7 Å². The largest absolute Gasteiger partial charge is 0.385 e. The summed E-state index contributed by atoms with van der Waals surface area (Å²) in [6.45, 7) is 8.42. The Morgan fingerprint density at radius 3 is 2.69 bits per heavy atom. The Labute approximate surface area is 82.2 Å². The van der Waals surface area contributed by atoms with Crippen LogP contribution in [0.25, 0.3) is 0 Å². The molecule has 0 radical (unpaired) electrons. The Morgan fingerprint density at radius 1 is 1.31 bits per heavy atom. The third-order valence-electron chi connectivity index (χ3n) is 1.97. The standard InChI is InChI=1S/C10H24N2O/c1-4-11-9-10(2)12-7-5-6-8-13-3/h10-12H,4-9H2,1-3H3. The van der Waals surface area contributed by atoms with Gasteiger partial charge in [-0.25, -0.2) is 0 Å². The summed E-state index contributed by atoms with van der Waals surface area (Å²) in [7, 11) is 1.75. The van der Waals surface area contributed by atoms with Crippen LogP contribution in [-0.4, -0.2) is 39.4 Å². The predicted molar refractivity (Wildman–Crippen MR) is 57.1 cm³/mol. The van der Waals surface area contributed by atoms with Crippen LogP contribution in [0, 0.1) is 0 Å². The number of ether oxygens (including phenoxy) is 1. The lowest BCUT2D eigenvalue weighted by atomic mass is 10.3. The lowest BCUT2D eigenvalue weighted by Gasteiger charge is -2.13. The molecule has 0 heterocycles. The van der Waals surface area contributed by atoms with Crippen LogP contribution >= 0.6 is 0 Å². The van der Waals surface area contributed by atoms with Crippen molar-refractivity contribution in [3.05, 3.63) is 0 Å². The normalized spacial score (nSPS) is 13.2. The zero-order valence-corrected chi connectivity index (χ0v) is 9.23. The molecule has 0 aliphatic heterocycles. The molecular weight excluding hydrogens is 164 g/mol. The van der Waals surface area contributed by atoms with Gasteiger partial charge in [0, 0.05) is 26.3 Å². The molecule has 13 heavy (non-hydrogen) atoms. The van der Waals surface area contributed by atoms with Crippen LogP contribution in [0.3, 0.4) is 0 Å². The molecule has 0 spiro atoms. The van der Waals surface area contributed by atoms with Crippen molar-refractivity contribution >= 4 is 0 Å². The fraction of sp³-hybridized carbons (Fsp3) is 1.00. The first kappa shape index (κ1) is 12.9. The minimum atomic E-state index is 0.572. The molecule has 0 rings (SSSR count). The molecule has 0 amide bonds. The second-order valence-corrected chi connectivity index (χ2v) is 3.36. The van der Waals surface area contributed by atoms with E-state index in [4.69, 9.17) is 4.74 Å². The van der Waals surface area contributed by atoms with Gasteiger partial charge in [-0.2, -0.15) is 0 Å². The highest BCUT2D eigenvalue weighted by molar-refractivity contribution is 4.62. The van der Waals surface area contributed by atoms with Crippen molar-refractivity contribution < 1.29 is 4.74 Å². The van der Waals surface area contributed by atoms with Crippen LogP contribution < -0.4 is 10.6 Å². The Hall–Kier alpha value is -0.120. The van der Waals surface area contributed by atoms with Gasteiger partial charge in [0.2, 0.25) is 0 Å². The third-order valence-corrected chi connectivity index (χ3v) is 1.97. The number of likely N-dealkylation sites (N-methyl/N-ethyl adjacent to an activating group) is 1. The summed E-state index contributed by atoms with van der Waals surface area (Å²) < 4.78 is 4.97. The first-order chi connectivity index (χ1) is 6.31. The molecule has 0 bridgehead atoms. The molecule has 80 valence electrons. The molecule has 0 saturated heterocycles. The summed E-state index contributed by atoms with van der Waals surface area (Å²) >= 11 is 0. The number of methoxy groups -OCH3 is 1. The van der Waals surface area contributed by atoms with E-state index in [1.807, 2.05) is 0 Å². The average Bonchev–Trinajstić information content (AvgIpc) is 2.14. The maximum Gasteiger partial charge on any atom is 0.0462 e. The van der Waals surface area contributed by atoms with Crippen LogP contribution in [0.4, 0.5) is 0 Å². The fourth-order valence-corrected chi connectivity index (χ4v) is 1.15. The first-order valence-electron chi connectivity index (χ1n) is 5.24. The Kier molecular flexibility index (Phi) is 9.87. The molecule has 0 aromatic carbocycles. The average molecular weight is 188 g/mol. The second kappa shape index (κ2) is 9.96. The summed E-state index contributed by atoms with van der Waals surface area (Å²) in [5, 5.41) is 6.77. The highest BCUT2D eigenvalue weighted by Crippen LogP contribution is 1.88. The molecule has 0 saturated carbocycles. The zero-order chi connectivity index (χ0) is 9.94. The summed E-state index contributed by atoms with van der Waals surface area (Å²) in [6.07, 6.45) is 2.35. The highest BCUT2D eigenvalue weighted by atomic mass is 16.5. The van der Waals surface area contributed by atoms with E-state index < -0.39 is 0 Å². The Morgan fingerprint density at radius 2 is 2.08 bits per heavy atom. The molecule has 1 atom stereocenters. The second-order valence-electron chi connectivity index (χ2n) is 3.36. The molecule has 0 aromatic rings. The van der Waals surface area contributed by atoms with Crippen LogP contribution in [0.2, 0.25) is 0 Å². The minimum Gasteiger partial charge on any atom is -0.385 e. The molecule has 0 aliphatic carbocycles. The summed E-state index contributed by atoms with van der Waals surface area (Å²) in [4.78, 5) is 0. The van der Waals surface area contributed by atoms with Crippen molar-refractivity contribution in [2.75, 3.05) is 33.4 Å². The quantitative estimate of drug-likeness (QED) is 0.530. The van der Waals surface area contributed by atoms with Crippen LogP contribution in [0.15, 0.2) is 0 Å². The van der Waals surface area contributed by atoms with Gasteiger partial charge in [-0.15, -0.1) is 0 Å². The van der Waals surface area contributed by atoms with Gasteiger partial charge >= 0.3 is 0 Å². The van der Waals surface area contributed by atoms with Crippen molar-refractivity contribution in [2.24, 2.45) is 0 Å². The van der Waals surface area contributed by atoms with Gasteiger partial charge in [-0.05, 0) is 32.9 Å². The van der Waals surface area contributed by atoms with Gasteiger partial charge in [-0.1, -0.05) is 6.92 Å². The number of rotatable bonds is 9.